The van der Waals surface area contributed by atoms with E-state index in [2.05, 4.69) is 29.6 Å². The maximum atomic E-state index is 5.86. The van der Waals surface area contributed by atoms with Gasteiger partial charge in [-0.05, 0) is 36.1 Å². The average Bonchev–Trinajstić information content (AvgIpc) is 3.36. The number of hydrogen-bond donors (Lipinski definition) is 1. The van der Waals surface area contributed by atoms with Crippen molar-refractivity contribution in [3.05, 3.63) is 59.7 Å². The largest absolute Gasteiger partial charge is 0.493 e. The summed E-state index contributed by atoms with van der Waals surface area (Å²) in [5.74, 6) is 1.58. The van der Waals surface area contributed by atoms with Crippen LogP contribution in [0.25, 0.3) is 0 Å². The molecule has 4 heteroatoms. The van der Waals surface area contributed by atoms with Crippen LogP contribution in [0.4, 0.5) is 0 Å². The Balaban J connectivity index is 0.00000176. The summed E-state index contributed by atoms with van der Waals surface area (Å²) < 4.78 is 11.3. The zero-order valence-electron chi connectivity index (χ0n) is 12.7. The van der Waals surface area contributed by atoms with Crippen molar-refractivity contribution in [2.24, 2.45) is 0 Å². The van der Waals surface area contributed by atoms with E-state index in [9.17, 15) is 0 Å². The normalized spacial score (nSPS) is 13.3. The molecular weight excluding hydrogens is 298 g/mol. The van der Waals surface area contributed by atoms with Gasteiger partial charge >= 0.3 is 0 Å². The van der Waals surface area contributed by atoms with Gasteiger partial charge in [0.05, 0.1) is 7.11 Å². The summed E-state index contributed by atoms with van der Waals surface area (Å²) in [7, 11) is 1.68. The summed E-state index contributed by atoms with van der Waals surface area (Å²) in [6.07, 6.45) is 2.60. The van der Waals surface area contributed by atoms with Crippen molar-refractivity contribution >= 4 is 12.4 Å². The first kappa shape index (κ1) is 16.7. The fourth-order valence-corrected chi connectivity index (χ4v) is 2.23. The lowest BCUT2D eigenvalue weighted by atomic mass is 10.2. The number of methoxy groups -OCH3 is 1. The number of nitrogens with one attached hydrogen (secondary N) is 1. The monoisotopic (exact) mass is 319 g/mol. The van der Waals surface area contributed by atoms with Gasteiger partial charge in [0.2, 0.25) is 0 Å². The van der Waals surface area contributed by atoms with Crippen LogP contribution in [0.2, 0.25) is 0 Å². The second kappa shape index (κ2) is 8.06. The molecule has 1 aliphatic carbocycles. The lowest BCUT2D eigenvalue weighted by molar-refractivity contribution is 0.284. The predicted octanol–water partition coefficient (Wildman–Crippen LogP) is 3.95. The Kier molecular flexibility index (Phi) is 6.10. The number of halogens is 1. The van der Waals surface area contributed by atoms with Crippen LogP contribution in [0.3, 0.4) is 0 Å². The second-order valence-corrected chi connectivity index (χ2v) is 5.41. The van der Waals surface area contributed by atoms with Gasteiger partial charge in [0.25, 0.3) is 0 Å². The van der Waals surface area contributed by atoms with Crippen LogP contribution in [0, 0.1) is 0 Å². The third-order valence-corrected chi connectivity index (χ3v) is 3.64. The lowest BCUT2D eigenvalue weighted by Gasteiger charge is -2.12. The van der Waals surface area contributed by atoms with E-state index in [0.717, 1.165) is 23.6 Å². The molecule has 1 aliphatic rings. The summed E-state index contributed by atoms with van der Waals surface area (Å²) in [6.45, 7) is 1.44. The number of benzene rings is 2. The summed E-state index contributed by atoms with van der Waals surface area (Å²) in [5, 5.41) is 3.51. The molecular formula is C18H22ClNO2. The predicted molar refractivity (Wildman–Crippen MR) is 90.9 cm³/mol. The molecule has 0 heterocycles. The first-order valence-corrected chi connectivity index (χ1v) is 7.42. The molecule has 1 saturated carbocycles. The summed E-state index contributed by atoms with van der Waals surface area (Å²) >= 11 is 0. The van der Waals surface area contributed by atoms with E-state index in [1.807, 2.05) is 24.3 Å². The smallest absolute Gasteiger partial charge is 0.161 e. The van der Waals surface area contributed by atoms with Gasteiger partial charge in [-0.1, -0.05) is 36.4 Å². The second-order valence-electron chi connectivity index (χ2n) is 5.41. The van der Waals surface area contributed by atoms with Gasteiger partial charge in [0.15, 0.2) is 11.5 Å². The van der Waals surface area contributed by atoms with E-state index in [4.69, 9.17) is 9.47 Å². The molecule has 118 valence electrons. The van der Waals surface area contributed by atoms with E-state index >= 15 is 0 Å². The topological polar surface area (TPSA) is 30.5 Å². The molecule has 1 fully saturated rings. The minimum atomic E-state index is 0. The fraction of sp³-hybridized carbons (Fsp3) is 0.333. The lowest BCUT2D eigenvalue weighted by Crippen LogP contribution is -2.15. The Hall–Kier alpha value is -1.71. The van der Waals surface area contributed by atoms with Crippen molar-refractivity contribution in [2.45, 2.75) is 32.0 Å². The van der Waals surface area contributed by atoms with Crippen LogP contribution < -0.4 is 14.8 Å². The van der Waals surface area contributed by atoms with Gasteiger partial charge in [-0.3, -0.25) is 0 Å². The van der Waals surface area contributed by atoms with Crippen LogP contribution in [0.15, 0.2) is 48.5 Å². The summed E-state index contributed by atoms with van der Waals surface area (Å²) in [5.41, 5.74) is 2.38. The number of rotatable bonds is 7. The number of ether oxygens (including phenoxy) is 2. The van der Waals surface area contributed by atoms with E-state index < -0.39 is 0 Å². The molecule has 0 aromatic heterocycles. The van der Waals surface area contributed by atoms with Crippen molar-refractivity contribution in [2.75, 3.05) is 7.11 Å². The highest BCUT2D eigenvalue weighted by Gasteiger charge is 2.20. The highest BCUT2D eigenvalue weighted by Crippen LogP contribution is 2.29. The van der Waals surface area contributed by atoms with Crippen LogP contribution in [-0.4, -0.2) is 13.2 Å². The highest BCUT2D eigenvalue weighted by molar-refractivity contribution is 5.85. The molecule has 0 amide bonds. The van der Waals surface area contributed by atoms with Crippen molar-refractivity contribution in [3.8, 4) is 11.5 Å². The van der Waals surface area contributed by atoms with Crippen molar-refractivity contribution in [3.63, 3.8) is 0 Å². The molecule has 0 spiro atoms. The molecule has 3 rings (SSSR count). The van der Waals surface area contributed by atoms with E-state index in [1.54, 1.807) is 7.11 Å². The molecule has 3 nitrogen and oxygen atoms in total. The van der Waals surface area contributed by atoms with E-state index in [0.29, 0.717) is 12.6 Å². The van der Waals surface area contributed by atoms with E-state index in [1.165, 1.54) is 18.4 Å². The minimum Gasteiger partial charge on any atom is -0.493 e. The zero-order chi connectivity index (χ0) is 14.5. The first-order valence-electron chi connectivity index (χ1n) is 7.42. The molecule has 0 radical (unpaired) electrons. The molecule has 2 aromatic rings. The van der Waals surface area contributed by atoms with Gasteiger partial charge in [-0.15, -0.1) is 12.4 Å². The molecule has 0 bridgehead atoms. The van der Waals surface area contributed by atoms with Crippen LogP contribution >= 0.6 is 12.4 Å². The van der Waals surface area contributed by atoms with Crippen molar-refractivity contribution in [1.82, 2.24) is 5.32 Å². The third kappa shape index (κ3) is 4.65. The number of hydrogen-bond acceptors (Lipinski definition) is 3. The van der Waals surface area contributed by atoms with Gasteiger partial charge < -0.3 is 14.8 Å². The Bertz CT molecular complexity index is 585. The molecule has 0 saturated heterocycles. The molecule has 0 aliphatic heterocycles. The van der Waals surface area contributed by atoms with Crippen LogP contribution in [0.5, 0.6) is 11.5 Å². The van der Waals surface area contributed by atoms with Gasteiger partial charge in [-0.25, -0.2) is 0 Å². The van der Waals surface area contributed by atoms with Crippen molar-refractivity contribution < 1.29 is 9.47 Å². The van der Waals surface area contributed by atoms with Gasteiger partial charge in [-0.2, -0.15) is 0 Å². The SMILES string of the molecule is COc1cc(CNC2CC2)ccc1OCc1ccccc1.Cl. The quantitative estimate of drug-likeness (QED) is 0.838. The van der Waals surface area contributed by atoms with Gasteiger partial charge in [0, 0.05) is 12.6 Å². The molecule has 1 N–H and O–H groups in total. The molecule has 22 heavy (non-hydrogen) atoms. The zero-order valence-corrected chi connectivity index (χ0v) is 13.6. The van der Waals surface area contributed by atoms with Crippen molar-refractivity contribution in [1.29, 1.82) is 0 Å². The summed E-state index contributed by atoms with van der Waals surface area (Å²) in [6, 6.07) is 17.0. The average molecular weight is 320 g/mol. The first-order chi connectivity index (χ1) is 10.3. The highest BCUT2D eigenvalue weighted by atomic mass is 35.5. The maximum Gasteiger partial charge on any atom is 0.161 e. The van der Waals surface area contributed by atoms with E-state index in [-0.39, 0.29) is 12.4 Å². The molecule has 0 unspecified atom stereocenters. The molecule has 2 aromatic carbocycles. The standard InChI is InChI=1S/C18H21NO2.ClH/c1-20-18-11-15(12-19-16-8-9-16)7-10-17(18)21-13-14-5-3-2-4-6-14;/h2-7,10-11,16,19H,8-9,12-13H2,1H3;1H. The van der Waals surface area contributed by atoms with Crippen LogP contribution in [-0.2, 0) is 13.2 Å². The fourth-order valence-electron chi connectivity index (χ4n) is 2.23. The Labute approximate surface area is 138 Å². The summed E-state index contributed by atoms with van der Waals surface area (Å²) in [4.78, 5) is 0. The Morgan fingerprint density at radius 3 is 2.45 bits per heavy atom. The third-order valence-electron chi connectivity index (χ3n) is 3.64. The Morgan fingerprint density at radius 2 is 1.77 bits per heavy atom. The Morgan fingerprint density at radius 1 is 1.00 bits per heavy atom. The van der Waals surface area contributed by atoms with Gasteiger partial charge in [0.1, 0.15) is 6.61 Å². The van der Waals surface area contributed by atoms with Crippen LogP contribution in [0.1, 0.15) is 24.0 Å². The minimum absolute atomic E-state index is 0. The maximum absolute atomic E-state index is 5.86. The molecule has 0 atom stereocenters.